The summed E-state index contributed by atoms with van der Waals surface area (Å²) in [4.78, 5) is 11.1. The van der Waals surface area contributed by atoms with Gasteiger partial charge in [-0.1, -0.05) is 0 Å². The van der Waals surface area contributed by atoms with Gasteiger partial charge in [0.1, 0.15) is 4.60 Å². The molecule has 0 N–H and O–H groups in total. The third kappa shape index (κ3) is 1.33. The van der Waals surface area contributed by atoms with Crippen molar-refractivity contribution in [2.75, 3.05) is 0 Å². The summed E-state index contributed by atoms with van der Waals surface area (Å²) in [7, 11) is 0. The van der Waals surface area contributed by atoms with Crippen LogP contribution < -0.4 is 0 Å². The molecule has 0 amide bonds. The first-order valence-electron chi connectivity index (χ1n) is 3.57. The SMILES string of the molecule is CC(=O)c1nnc2ccc(Br)nn12. The van der Waals surface area contributed by atoms with E-state index in [1.165, 1.54) is 11.4 Å². The van der Waals surface area contributed by atoms with E-state index in [-0.39, 0.29) is 11.6 Å². The molecule has 2 aromatic rings. The lowest BCUT2D eigenvalue weighted by atomic mass is 10.4. The molecule has 2 rings (SSSR count). The van der Waals surface area contributed by atoms with Crippen LogP contribution in [0.4, 0.5) is 0 Å². The zero-order valence-electron chi connectivity index (χ0n) is 6.73. The van der Waals surface area contributed by atoms with E-state index in [0.717, 1.165) is 0 Å². The van der Waals surface area contributed by atoms with Gasteiger partial charge in [-0.15, -0.1) is 10.2 Å². The standard InChI is InChI=1S/C7H5BrN4O/c1-4(13)7-10-9-6-3-2-5(8)11-12(6)7/h2-3H,1H3. The minimum absolute atomic E-state index is 0.155. The fourth-order valence-electron chi connectivity index (χ4n) is 0.986. The Hall–Kier alpha value is -1.30. The first-order chi connectivity index (χ1) is 6.18. The predicted octanol–water partition coefficient (Wildman–Crippen LogP) is 1.09. The van der Waals surface area contributed by atoms with Crippen LogP contribution in [0.3, 0.4) is 0 Å². The van der Waals surface area contributed by atoms with Crippen LogP contribution >= 0.6 is 15.9 Å². The van der Waals surface area contributed by atoms with Crippen LogP contribution in [-0.4, -0.2) is 25.6 Å². The molecule has 0 saturated carbocycles. The summed E-state index contributed by atoms with van der Waals surface area (Å²) >= 11 is 3.20. The normalized spacial score (nSPS) is 10.6. The summed E-state index contributed by atoms with van der Waals surface area (Å²) < 4.78 is 2.05. The molecule has 2 heterocycles. The maximum absolute atomic E-state index is 11.1. The van der Waals surface area contributed by atoms with E-state index >= 15 is 0 Å². The molecule has 0 unspecified atom stereocenters. The highest BCUT2D eigenvalue weighted by atomic mass is 79.9. The third-order valence-electron chi connectivity index (χ3n) is 1.55. The van der Waals surface area contributed by atoms with Gasteiger partial charge in [-0.3, -0.25) is 4.79 Å². The fraction of sp³-hybridized carbons (Fsp3) is 0.143. The van der Waals surface area contributed by atoms with Crippen molar-refractivity contribution in [3.63, 3.8) is 0 Å². The van der Waals surface area contributed by atoms with E-state index in [2.05, 4.69) is 31.2 Å². The van der Waals surface area contributed by atoms with Gasteiger partial charge in [-0.2, -0.15) is 9.61 Å². The average Bonchev–Trinajstić information content (AvgIpc) is 2.46. The highest BCUT2D eigenvalue weighted by Crippen LogP contribution is 2.08. The Morgan fingerprint density at radius 3 is 2.92 bits per heavy atom. The van der Waals surface area contributed by atoms with Gasteiger partial charge in [0.2, 0.25) is 5.82 Å². The Morgan fingerprint density at radius 2 is 2.23 bits per heavy atom. The number of aromatic nitrogens is 4. The van der Waals surface area contributed by atoms with Crippen molar-refractivity contribution in [1.29, 1.82) is 0 Å². The lowest BCUT2D eigenvalue weighted by Gasteiger charge is -1.93. The molecule has 0 aliphatic carbocycles. The fourth-order valence-corrected chi connectivity index (χ4v) is 1.28. The summed E-state index contributed by atoms with van der Waals surface area (Å²) in [6, 6.07) is 3.48. The average molecular weight is 241 g/mol. The Kier molecular flexibility index (Phi) is 1.84. The van der Waals surface area contributed by atoms with Crippen molar-refractivity contribution in [3.05, 3.63) is 22.6 Å². The summed E-state index contributed by atoms with van der Waals surface area (Å²) in [5.74, 6) is 0.0920. The number of ketones is 1. The van der Waals surface area contributed by atoms with Crippen molar-refractivity contribution >= 4 is 27.4 Å². The van der Waals surface area contributed by atoms with Crippen molar-refractivity contribution < 1.29 is 4.79 Å². The van der Waals surface area contributed by atoms with Crippen LogP contribution in [-0.2, 0) is 0 Å². The van der Waals surface area contributed by atoms with Gasteiger partial charge < -0.3 is 0 Å². The predicted molar refractivity (Wildman–Crippen MR) is 48.5 cm³/mol. The van der Waals surface area contributed by atoms with Crippen molar-refractivity contribution in [2.45, 2.75) is 6.92 Å². The van der Waals surface area contributed by atoms with Crippen molar-refractivity contribution in [3.8, 4) is 0 Å². The number of hydrogen-bond donors (Lipinski definition) is 0. The Morgan fingerprint density at radius 1 is 1.46 bits per heavy atom. The summed E-state index contributed by atoms with van der Waals surface area (Å²) in [6.07, 6.45) is 0. The van der Waals surface area contributed by atoms with Crippen molar-refractivity contribution in [1.82, 2.24) is 19.8 Å². The molecule has 0 aliphatic heterocycles. The smallest absolute Gasteiger partial charge is 0.220 e. The lowest BCUT2D eigenvalue weighted by Crippen LogP contribution is -2.03. The number of rotatable bonds is 1. The van der Waals surface area contributed by atoms with Gasteiger partial charge in [-0.05, 0) is 28.1 Å². The number of Topliss-reactive ketones (excluding diaryl/α,β-unsaturated/α-hetero) is 1. The number of carbonyl (C=O) groups excluding carboxylic acids is 1. The molecule has 0 fully saturated rings. The van der Waals surface area contributed by atoms with E-state index in [1.54, 1.807) is 12.1 Å². The van der Waals surface area contributed by atoms with E-state index in [4.69, 9.17) is 0 Å². The number of fused-ring (bicyclic) bond motifs is 1. The van der Waals surface area contributed by atoms with E-state index in [9.17, 15) is 4.79 Å². The second-order valence-corrected chi connectivity index (χ2v) is 3.32. The topological polar surface area (TPSA) is 60.2 Å². The van der Waals surface area contributed by atoms with Gasteiger partial charge in [0.25, 0.3) is 0 Å². The van der Waals surface area contributed by atoms with Gasteiger partial charge in [0, 0.05) is 6.92 Å². The molecule has 0 radical (unpaired) electrons. The van der Waals surface area contributed by atoms with Crippen LogP contribution in [0.25, 0.3) is 5.65 Å². The molecule has 0 atom stereocenters. The quantitative estimate of drug-likeness (QED) is 0.701. The molecule has 66 valence electrons. The van der Waals surface area contributed by atoms with Crippen LogP contribution in [0.2, 0.25) is 0 Å². The summed E-state index contributed by atoms with van der Waals surface area (Å²) in [6.45, 7) is 1.43. The molecule has 0 saturated heterocycles. The van der Waals surface area contributed by atoms with E-state index in [0.29, 0.717) is 10.3 Å². The maximum atomic E-state index is 11.1. The van der Waals surface area contributed by atoms with Gasteiger partial charge in [0.15, 0.2) is 11.4 Å². The Bertz CT molecular complexity index is 478. The second-order valence-electron chi connectivity index (χ2n) is 2.51. The first kappa shape index (κ1) is 8.31. The molecular weight excluding hydrogens is 236 g/mol. The Labute approximate surface area is 81.9 Å². The summed E-state index contributed by atoms with van der Waals surface area (Å²) in [5, 5.41) is 11.6. The highest BCUT2D eigenvalue weighted by Gasteiger charge is 2.10. The van der Waals surface area contributed by atoms with Crippen molar-refractivity contribution in [2.24, 2.45) is 0 Å². The zero-order valence-corrected chi connectivity index (χ0v) is 8.32. The minimum atomic E-state index is -0.155. The van der Waals surface area contributed by atoms with Gasteiger partial charge >= 0.3 is 0 Å². The van der Waals surface area contributed by atoms with E-state index < -0.39 is 0 Å². The van der Waals surface area contributed by atoms with Crippen LogP contribution in [0, 0.1) is 0 Å². The monoisotopic (exact) mass is 240 g/mol. The van der Waals surface area contributed by atoms with Gasteiger partial charge in [-0.25, -0.2) is 0 Å². The Balaban J connectivity index is 2.79. The number of carbonyl (C=O) groups is 1. The van der Waals surface area contributed by atoms with Gasteiger partial charge in [0.05, 0.1) is 0 Å². The molecule has 5 nitrogen and oxygen atoms in total. The minimum Gasteiger partial charge on any atom is -0.291 e. The molecule has 0 aromatic carbocycles. The first-order valence-corrected chi connectivity index (χ1v) is 4.36. The highest BCUT2D eigenvalue weighted by molar-refractivity contribution is 9.10. The van der Waals surface area contributed by atoms with E-state index in [1.807, 2.05) is 0 Å². The number of halogens is 1. The molecule has 2 aromatic heterocycles. The van der Waals surface area contributed by atoms with Crippen LogP contribution in [0.1, 0.15) is 17.5 Å². The molecule has 13 heavy (non-hydrogen) atoms. The number of hydrogen-bond acceptors (Lipinski definition) is 4. The molecule has 0 bridgehead atoms. The molecule has 6 heteroatoms. The summed E-state index contributed by atoms with van der Waals surface area (Å²) in [5.41, 5.74) is 0.563. The maximum Gasteiger partial charge on any atom is 0.220 e. The third-order valence-corrected chi connectivity index (χ3v) is 1.97. The zero-order chi connectivity index (χ0) is 9.42. The molecular formula is C7H5BrN4O. The largest absolute Gasteiger partial charge is 0.291 e. The molecule has 0 aliphatic rings. The number of nitrogens with zero attached hydrogens (tertiary/aromatic N) is 4. The van der Waals surface area contributed by atoms with Crippen LogP contribution in [0.5, 0.6) is 0 Å². The molecule has 0 spiro atoms. The second kappa shape index (κ2) is 2.88. The van der Waals surface area contributed by atoms with Crippen LogP contribution in [0.15, 0.2) is 16.7 Å². The lowest BCUT2D eigenvalue weighted by molar-refractivity contribution is 0.100.